The van der Waals surface area contributed by atoms with Gasteiger partial charge in [0.25, 0.3) is 0 Å². The zero-order valence-electron chi connectivity index (χ0n) is 1.80. The Bertz CT molecular complexity index is 5.25. The average Bonchev–Trinajstić information content (AvgIpc) is 1.37. The molecule has 0 aromatic rings. The summed E-state index contributed by atoms with van der Waals surface area (Å²) in [5, 5.41) is 0. The molecule has 0 fully saturated rings. The minimum absolute atomic E-state index is 1.74. The Balaban J connectivity index is 1.97. The van der Waals surface area contributed by atoms with E-state index >= 15 is 0 Å². The van der Waals surface area contributed by atoms with Crippen molar-refractivity contribution < 1.29 is 16.2 Å². The number of hydrogen-bond donors (Lipinski definition) is 2. The first kappa shape index (κ1) is 4.40. The number of hydrazine groups is 1. The zero-order valence-corrected chi connectivity index (χ0v) is 2.74. The van der Waals surface area contributed by atoms with Crippen LogP contribution in [-0.4, -0.2) is 0 Å². The van der Waals surface area contributed by atoms with E-state index in [2.05, 4.69) is 16.2 Å². The van der Waals surface area contributed by atoms with Crippen LogP contribution in [0.4, 0.5) is 0 Å². The second-order valence-corrected chi connectivity index (χ2v) is 0.436. The maximum absolute atomic E-state index is 5.98. The fourth-order valence-corrected chi connectivity index (χ4v) is 0. The van der Waals surface area contributed by atoms with Gasteiger partial charge in [-0.15, -0.1) is 0 Å². The molecular weight excluding hydrogens is 106 g/mol. The molecule has 1 radical (unpaired) electrons. The molecule has 29 valence electrons. The van der Waals surface area contributed by atoms with E-state index in [1.54, 1.807) is 5.53 Å². The van der Waals surface area contributed by atoms with Crippen molar-refractivity contribution in [2.75, 3.05) is 0 Å². The molecule has 0 unspecified atom stereocenters. The Labute approximate surface area is 32.9 Å². The molecule has 0 spiro atoms. The standard InChI is InChI=1S/Cu.H3N3/c;1-3-2/h;1-3H/q+1;-1. The molecule has 4 heteroatoms. The summed E-state index contributed by atoms with van der Waals surface area (Å²) in [5.74, 6) is 5.98. The Morgan fingerprint density at radius 3 is 2.00 bits per heavy atom. The normalized spacial score (nSPS) is 7.75. The molecule has 0 aliphatic carbocycles. The Morgan fingerprint density at radius 1 is 1.75 bits per heavy atom. The molecule has 0 amide bonds. The molecular formula is H3CuN3. The van der Waals surface area contributed by atoms with Crippen LogP contribution in [0.3, 0.4) is 0 Å². The van der Waals surface area contributed by atoms with Crippen molar-refractivity contribution in [1.29, 1.82) is 0 Å². The molecule has 0 rings (SSSR count). The second kappa shape index (κ2) is 3.40. The summed E-state index contributed by atoms with van der Waals surface area (Å²) >= 11 is 4.12. The van der Waals surface area contributed by atoms with E-state index < -0.39 is 0 Å². The first-order valence-corrected chi connectivity index (χ1v) is 1.12. The minimum atomic E-state index is 1.74. The van der Waals surface area contributed by atoms with Gasteiger partial charge in [0.1, 0.15) is 0 Å². The van der Waals surface area contributed by atoms with E-state index in [1.807, 2.05) is 4.44 Å². The van der Waals surface area contributed by atoms with Crippen molar-refractivity contribution in [3.63, 3.8) is 0 Å². The number of hydrogen-bond acceptors (Lipinski definition) is 2. The second-order valence-electron chi connectivity index (χ2n) is 0.200. The summed E-state index contributed by atoms with van der Waals surface area (Å²) in [6, 6.07) is 0. The van der Waals surface area contributed by atoms with Crippen LogP contribution in [0.25, 0.3) is 0 Å². The van der Waals surface area contributed by atoms with E-state index in [0.29, 0.717) is 0 Å². The van der Waals surface area contributed by atoms with Crippen molar-refractivity contribution in [2.24, 2.45) is 0 Å². The van der Waals surface area contributed by atoms with Gasteiger partial charge >= 0.3 is 32.1 Å². The molecule has 0 aromatic carbocycles. The molecule has 0 bridgehead atoms. The van der Waals surface area contributed by atoms with Gasteiger partial charge in [0.05, 0.1) is 0 Å². The zero-order chi connectivity index (χ0) is 3.41. The maximum atomic E-state index is 5.98. The molecule has 0 aliphatic heterocycles. The van der Waals surface area contributed by atoms with Gasteiger partial charge in [-0.25, -0.2) is 0 Å². The van der Waals surface area contributed by atoms with Crippen LogP contribution in [0.15, 0.2) is 0 Å². The Kier molecular flexibility index (Phi) is 3.74. The Morgan fingerprint density at radius 2 is 2.00 bits per heavy atom. The van der Waals surface area contributed by atoms with Crippen LogP contribution in [0.1, 0.15) is 0 Å². The molecule has 3 N–H and O–H groups in total. The van der Waals surface area contributed by atoms with E-state index in [9.17, 15) is 0 Å². The summed E-state index contributed by atoms with van der Waals surface area (Å²) in [4.78, 5) is 0. The van der Waals surface area contributed by atoms with Crippen LogP contribution in [0.5, 0.6) is 0 Å². The quantitative estimate of drug-likeness (QED) is 0.326. The van der Waals surface area contributed by atoms with E-state index in [-0.39, 0.29) is 0 Å². The summed E-state index contributed by atoms with van der Waals surface area (Å²) < 4.78 is 1.91. The van der Waals surface area contributed by atoms with Crippen LogP contribution in [-0.2, 0) is 16.2 Å². The molecule has 0 saturated heterocycles. The summed E-state index contributed by atoms with van der Waals surface area (Å²) in [7, 11) is 0. The van der Waals surface area contributed by atoms with Crippen LogP contribution < -0.4 is 15.8 Å². The molecule has 0 aliphatic rings. The van der Waals surface area contributed by atoms with E-state index in [4.69, 9.17) is 5.84 Å². The molecule has 0 aromatic heterocycles. The third-order valence-electron chi connectivity index (χ3n) is 0.0377. The predicted molar refractivity (Wildman–Crippen MR) is 9.37 cm³/mol. The topological polar surface area (TPSA) is 47.9 Å². The van der Waals surface area contributed by atoms with Crippen LogP contribution in [0.2, 0.25) is 0 Å². The fourth-order valence-electron chi connectivity index (χ4n) is 0. The molecule has 3 nitrogen and oxygen atoms in total. The number of nitrogens with one attached hydrogen (secondary N) is 3. The van der Waals surface area contributed by atoms with Gasteiger partial charge < -0.3 is 0 Å². The van der Waals surface area contributed by atoms with Gasteiger partial charge in [0.2, 0.25) is 0 Å². The first-order valence-electron chi connectivity index (χ1n) is 0.651. The van der Waals surface area contributed by atoms with Crippen molar-refractivity contribution in [3.8, 4) is 0 Å². The third kappa shape index (κ3) is 2.40. The third-order valence-corrected chi connectivity index (χ3v) is 0.155. The van der Waals surface area contributed by atoms with Crippen LogP contribution in [0, 0.1) is 0 Å². The predicted octanol–water partition coefficient (Wildman–Crippen LogP) is -1.26. The van der Waals surface area contributed by atoms with Crippen molar-refractivity contribution in [3.05, 3.63) is 0 Å². The van der Waals surface area contributed by atoms with Crippen LogP contribution >= 0.6 is 0 Å². The molecule has 4 heavy (non-hydrogen) atoms. The van der Waals surface area contributed by atoms with Gasteiger partial charge in [0, 0.05) is 0 Å². The van der Waals surface area contributed by atoms with E-state index in [1.165, 1.54) is 0 Å². The molecule has 0 heterocycles. The first-order chi connectivity index (χ1) is 1.91. The summed E-state index contributed by atoms with van der Waals surface area (Å²) in [6.45, 7) is 0. The SMILES string of the molecule is [NH]N[NH][Cu]. The van der Waals surface area contributed by atoms with E-state index in [0.717, 1.165) is 0 Å². The molecule has 0 atom stereocenters. The van der Waals surface area contributed by atoms with Gasteiger partial charge in [-0.05, 0) is 0 Å². The average molecular weight is 109 g/mol. The number of rotatable bonds is 1. The fraction of sp³-hybridized carbons (Fsp3) is 0. The van der Waals surface area contributed by atoms with Crippen molar-refractivity contribution in [2.45, 2.75) is 0 Å². The monoisotopic (exact) mass is 108 g/mol. The van der Waals surface area contributed by atoms with Crippen molar-refractivity contribution >= 4 is 0 Å². The summed E-state index contributed by atoms with van der Waals surface area (Å²) in [5.41, 5.74) is 1.74. The van der Waals surface area contributed by atoms with Gasteiger partial charge in [-0.3, -0.25) is 0 Å². The van der Waals surface area contributed by atoms with Crippen molar-refractivity contribution in [1.82, 2.24) is 15.8 Å². The van der Waals surface area contributed by atoms with Gasteiger partial charge in [-0.2, -0.15) is 0 Å². The van der Waals surface area contributed by atoms with Gasteiger partial charge in [-0.1, -0.05) is 0 Å². The van der Waals surface area contributed by atoms with Gasteiger partial charge in [0.15, 0.2) is 0 Å². The summed E-state index contributed by atoms with van der Waals surface area (Å²) in [6.07, 6.45) is 0. The molecule has 0 saturated carbocycles. The Hall–Kier alpha value is 0.399.